The zero-order chi connectivity index (χ0) is 19.8. The number of β-amino-alcohol motifs (C(OH)–C–C–N with tert-alkyl or cyclic N) is 1. The molecule has 0 amide bonds. The molecule has 2 atom stereocenters. The topological polar surface area (TPSA) is 32.7 Å². The average molecular weight is 382 g/mol. The monoisotopic (exact) mass is 381 g/mol. The van der Waals surface area contributed by atoms with Gasteiger partial charge in [-0.1, -0.05) is 62.4 Å². The first-order valence-electron chi connectivity index (χ1n) is 10.8. The maximum atomic E-state index is 10.5. The summed E-state index contributed by atoms with van der Waals surface area (Å²) in [6.45, 7) is 7.60. The van der Waals surface area contributed by atoms with E-state index in [0.29, 0.717) is 19.1 Å². The van der Waals surface area contributed by atoms with Gasteiger partial charge in [-0.05, 0) is 67.8 Å². The van der Waals surface area contributed by atoms with Gasteiger partial charge in [0, 0.05) is 6.54 Å². The van der Waals surface area contributed by atoms with Crippen molar-refractivity contribution in [1.29, 1.82) is 0 Å². The van der Waals surface area contributed by atoms with Crippen molar-refractivity contribution in [2.24, 2.45) is 5.92 Å². The molecule has 0 aromatic heterocycles. The highest BCUT2D eigenvalue weighted by Gasteiger charge is 2.21. The second-order valence-electron chi connectivity index (χ2n) is 8.25. The predicted molar refractivity (Wildman–Crippen MR) is 116 cm³/mol. The molecule has 1 aliphatic rings. The third-order valence-corrected chi connectivity index (χ3v) is 6.04. The zero-order valence-electron chi connectivity index (χ0n) is 17.4. The lowest BCUT2D eigenvalue weighted by atomic mass is 9.90. The number of benzene rings is 2. The first-order chi connectivity index (χ1) is 13.7. The molecule has 2 aromatic rings. The second-order valence-corrected chi connectivity index (χ2v) is 8.25. The standard InChI is InChI=1S/C25H35NO2/c1-3-20(2)24-11-7-8-12-25(24)28-19-23(27)18-26-15-13-22(14-16-26)17-21-9-5-4-6-10-21/h4-12,20,22-23,27H,3,13-19H2,1-2H3/t20-,23-/m1/s1. The molecular formula is C25H35NO2. The van der Waals surface area contributed by atoms with E-state index in [-0.39, 0.29) is 0 Å². The van der Waals surface area contributed by atoms with Crippen molar-refractivity contribution in [3.63, 3.8) is 0 Å². The summed E-state index contributed by atoms with van der Waals surface area (Å²) in [5, 5.41) is 10.5. The molecule has 0 saturated carbocycles. The van der Waals surface area contributed by atoms with Crippen LogP contribution in [0.3, 0.4) is 0 Å². The summed E-state index contributed by atoms with van der Waals surface area (Å²) in [5.74, 6) is 2.14. The largest absolute Gasteiger partial charge is 0.491 e. The molecule has 3 heteroatoms. The minimum absolute atomic E-state index is 0.359. The van der Waals surface area contributed by atoms with Gasteiger partial charge in [-0.25, -0.2) is 0 Å². The lowest BCUT2D eigenvalue weighted by molar-refractivity contribution is 0.0547. The Morgan fingerprint density at radius 1 is 1.04 bits per heavy atom. The molecule has 0 radical (unpaired) electrons. The van der Waals surface area contributed by atoms with Crippen LogP contribution in [-0.2, 0) is 6.42 Å². The molecule has 0 spiro atoms. The van der Waals surface area contributed by atoms with E-state index in [9.17, 15) is 5.11 Å². The van der Waals surface area contributed by atoms with Gasteiger partial charge in [-0.3, -0.25) is 0 Å². The molecule has 0 aliphatic carbocycles. The van der Waals surface area contributed by atoms with Crippen LogP contribution in [0.4, 0.5) is 0 Å². The Hall–Kier alpha value is -1.84. The van der Waals surface area contributed by atoms with Crippen LogP contribution in [0.15, 0.2) is 54.6 Å². The Bertz CT molecular complexity index is 695. The van der Waals surface area contributed by atoms with Crippen molar-refractivity contribution in [2.75, 3.05) is 26.2 Å². The van der Waals surface area contributed by atoms with E-state index in [1.807, 2.05) is 12.1 Å². The van der Waals surface area contributed by atoms with Crippen LogP contribution in [0.5, 0.6) is 5.75 Å². The molecule has 2 aromatic carbocycles. The van der Waals surface area contributed by atoms with Gasteiger partial charge < -0.3 is 14.7 Å². The number of hydrogen-bond donors (Lipinski definition) is 1. The highest BCUT2D eigenvalue weighted by atomic mass is 16.5. The Morgan fingerprint density at radius 3 is 2.43 bits per heavy atom. The molecule has 1 N–H and O–H groups in total. The third-order valence-electron chi connectivity index (χ3n) is 6.04. The molecule has 0 bridgehead atoms. The van der Waals surface area contributed by atoms with E-state index in [0.717, 1.165) is 31.2 Å². The molecule has 1 fully saturated rings. The number of para-hydroxylation sites is 1. The fourth-order valence-electron chi connectivity index (χ4n) is 4.10. The van der Waals surface area contributed by atoms with E-state index in [1.54, 1.807) is 0 Å². The Balaban J connectivity index is 1.41. The van der Waals surface area contributed by atoms with Crippen LogP contribution in [0.1, 0.15) is 50.2 Å². The van der Waals surface area contributed by atoms with Gasteiger partial charge in [-0.15, -0.1) is 0 Å². The second kappa shape index (κ2) is 10.6. The highest BCUT2D eigenvalue weighted by molar-refractivity contribution is 5.35. The molecular weight excluding hydrogens is 346 g/mol. The third kappa shape index (κ3) is 6.08. The van der Waals surface area contributed by atoms with Crippen molar-refractivity contribution >= 4 is 0 Å². The smallest absolute Gasteiger partial charge is 0.122 e. The molecule has 3 nitrogen and oxygen atoms in total. The minimum Gasteiger partial charge on any atom is -0.491 e. The molecule has 152 valence electrons. The minimum atomic E-state index is -0.448. The quantitative estimate of drug-likeness (QED) is 0.671. The molecule has 0 unspecified atom stereocenters. The summed E-state index contributed by atoms with van der Waals surface area (Å²) in [7, 11) is 0. The average Bonchev–Trinajstić information content (AvgIpc) is 2.74. The van der Waals surface area contributed by atoms with Crippen molar-refractivity contribution in [3.05, 3.63) is 65.7 Å². The lowest BCUT2D eigenvalue weighted by Gasteiger charge is -2.33. The van der Waals surface area contributed by atoms with Crippen LogP contribution in [0, 0.1) is 5.92 Å². The SMILES string of the molecule is CC[C@@H](C)c1ccccc1OC[C@H](O)CN1CCC(Cc2ccccc2)CC1. The Kier molecular flexibility index (Phi) is 7.93. The number of hydrogen-bond acceptors (Lipinski definition) is 3. The van der Waals surface area contributed by atoms with Crippen molar-refractivity contribution < 1.29 is 9.84 Å². The van der Waals surface area contributed by atoms with Gasteiger partial charge in [0.05, 0.1) is 0 Å². The number of likely N-dealkylation sites (tertiary alicyclic amines) is 1. The number of aliphatic hydroxyl groups is 1. The van der Waals surface area contributed by atoms with Gasteiger partial charge in [0.15, 0.2) is 0 Å². The fourth-order valence-corrected chi connectivity index (χ4v) is 4.10. The maximum Gasteiger partial charge on any atom is 0.122 e. The Labute approximate surface area is 170 Å². The molecule has 3 rings (SSSR count). The van der Waals surface area contributed by atoms with E-state index in [4.69, 9.17) is 4.74 Å². The first-order valence-corrected chi connectivity index (χ1v) is 10.8. The van der Waals surface area contributed by atoms with Crippen LogP contribution >= 0.6 is 0 Å². The van der Waals surface area contributed by atoms with E-state index in [2.05, 4.69) is 61.2 Å². The number of piperidine rings is 1. The number of rotatable bonds is 9. The van der Waals surface area contributed by atoms with Crippen LogP contribution in [0.25, 0.3) is 0 Å². The van der Waals surface area contributed by atoms with Crippen LogP contribution < -0.4 is 4.74 Å². The van der Waals surface area contributed by atoms with Gasteiger partial charge in [-0.2, -0.15) is 0 Å². The maximum absolute atomic E-state index is 10.5. The summed E-state index contributed by atoms with van der Waals surface area (Å²) in [6, 6.07) is 19.0. The van der Waals surface area contributed by atoms with Crippen LogP contribution in [-0.4, -0.2) is 42.4 Å². The van der Waals surface area contributed by atoms with Crippen molar-refractivity contribution in [1.82, 2.24) is 4.90 Å². The summed E-state index contributed by atoms with van der Waals surface area (Å²) in [6.07, 6.45) is 4.22. The van der Waals surface area contributed by atoms with Crippen molar-refractivity contribution in [3.8, 4) is 5.75 Å². The van der Waals surface area contributed by atoms with Crippen molar-refractivity contribution in [2.45, 2.75) is 51.6 Å². The lowest BCUT2D eigenvalue weighted by Crippen LogP contribution is -2.41. The van der Waals surface area contributed by atoms with Gasteiger partial charge in [0.25, 0.3) is 0 Å². The zero-order valence-corrected chi connectivity index (χ0v) is 17.4. The molecule has 1 saturated heterocycles. The van der Waals surface area contributed by atoms with E-state index in [1.165, 1.54) is 30.4 Å². The predicted octanol–water partition coefficient (Wildman–Crippen LogP) is 4.89. The summed E-state index contributed by atoms with van der Waals surface area (Å²) < 4.78 is 5.99. The number of aliphatic hydroxyl groups excluding tert-OH is 1. The molecule has 28 heavy (non-hydrogen) atoms. The normalized spacial score (nSPS) is 18.0. The van der Waals surface area contributed by atoms with Gasteiger partial charge in [0.1, 0.15) is 18.5 Å². The van der Waals surface area contributed by atoms with Gasteiger partial charge in [0.2, 0.25) is 0 Å². The number of ether oxygens (including phenoxy) is 1. The van der Waals surface area contributed by atoms with E-state index < -0.39 is 6.10 Å². The summed E-state index contributed by atoms with van der Waals surface area (Å²) in [5.41, 5.74) is 2.67. The first kappa shape index (κ1) is 20.9. The van der Waals surface area contributed by atoms with E-state index >= 15 is 0 Å². The van der Waals surface area contributed by atoms with Gasteiger partial charge >= 0.3 is 0 Å². The summed E-state index contributed by atoms with van der Waals surface area (Å²) in [4.78, 5) is 2.39. The highest BCUT2D eigenvalue weighted by Crippen LogP contribution is 2.28. The Morgan fingerprint density at radius 2 is 1.71 bits per heavy atom. The van der Waals surface area contributed by atoms with Crippen LogP contribution in [0.2, 0.25) is 0 Å². The molecule has 1 heterocycles. The fraction of sp³-hybridized carbons (Fsp3) is 0.520. The molecule has 1 aliphatic heterocycles. The summed E-state index contributed by atoms with van der Waals surface area (Å²) >= 11 is 0. The number of nitrogens with zero attached hydrogens (tertiary/aromatic N) is 1.